The molecule has 5 aliphatic rings. The number of amides is 1. The number of carbonyl (C=O) groups is 1. The number of nitrogens with two attached hydrogens (primary N) is 1. The van der Waals surface area contributed by atoms with E-state index in [0.29, 0.717) is 24.4 Å². The first-order valence-corrected chi connectivity index (χ1v) is 12.9. The molecule has 0 aromatic heterocycles. The van der Waals surface area contributed by atoms with Crippen LogP contribution in [0.1, 0.15) is 56.6 Å². The summed E-state index contributed by atoms with van der Waals surface area (Å²) < 4.78 is 13.6. The molecule has 34 heavy (non-hydrogen) atoms. The predicted molar refractivity (Wildman–Crippen MR) is 127 cm³/mol. The van der Waals surface area contributed by atoms with E-state index in [1.165, 1.54) is 25.0 Å². The number of halogens is 1. The van der Waals surface area contributed by atoms with Gasteiger partial charge in [-0.25, -0.2) is 4.39 Å². The number of nitriles is 1. The first kappa shape index (κ1) is 22.1. The monoisotopic (exact) mass is 463 g/mol. The number of benzene rings is 1. The third-order valence-electron chi connectivity index (χ3n) is 9.12. The Balaban J connectivity index is 1.16. The van der Waals surface area contributed by atoms with Gasteiger partial charge in [-0.05, 0) is 61.6 Å². The summed E-state index contributed by atoms with van der Waals surface area (Å²) in [6.07, 6.45) is 7.52. The standard InChI is InChI=1S/C27H34FN5O/c1-16(32-21(13-29)10-19-11-24(19)32)23(30)15-31-14-22-12-25(31)27(34)33(22)26(17-4-2-3-5-17)18-6-8-20(28)9-7-18/h6-9,17,19,21-26H,1-5,10-12,14-15,30H2/t19?,21?,22-,23?,24?,25?,26?/m0/s1. The molecule has 0 radical (unpaired) electrons. The Kier molecular flexibility index (Phi) is 5.42. The number of hydrogen-bond acceptors (Lipinski definition) is 5. The molecule has 2 bridgehead atoms. The molecule has 2 N–H and O–H groups in total. The fraction of sp³-hybridized carbons (Fsp3) is 0.630. The Hall–Kier alpha value is -2.43. The van der Waals surface area contributed by atoms with Crippen LogP contribution in [0, 0.1) is 29.0 Å². The maximum atomic E-state index is 13.7. The van der Waals surface area contributed by atoms with Crippen LogP contribution >= 0.6 is 0 Å². The van der Waals surface area contributed by atoms with Crippen molar-refractivity contribution >= 4 is 5.91 Å². The maximum absolute atomic E-state index is 13.7. The summed E-state index contributed by atoms with van der Waals surface area (Å²) in [5.41, 5.74) is 8.50. The van der Waals surface area contributed by atoms with Crippen LogP contribution in [0.4, 0.5) is 4.39 Å². The number of hydrogen-bond donors (Lipinski definition) is 1. The summed E-state index contributed by atoms with van der Waals surface area (Å²) >= 11 is 0. The van der Waals surface area contributed by atoms with Gasteiger partial charge in [0.1, 0.15) is 11.9 Å². The highest BCUT2D eigenvalue weighted by Gasteiger charge is 2.55. The molecule has 0 spiro atoms. The normalized spacial score (nSPS) is 34.4. The molecule has 3 aliphatic heterocycles. The van der Waals surface area contributed by atoms with Crippen LogP contribution in [-0.2, 0) is 4.79 Å². The Morgan fingerprint density at radius 2 is 1.94 bits per heavy atom. The first-order valence-electron chi connectivity index (χ1n) is 12.9. The highest BCUT2D eigenvalue weighted by molar-refractivity contribution is 5.86. The molecule has 2 aliphatic carbocycles. The fourth-order valence-corrected chi connectivity index (χ4v) is 7.38. The van der Waals surface area contributed by atoms with E-state index in [2.05, 4.69) is 27.3 Å². The molecule has 3 saturated heterocycles. The second kappa shape index (κ2) is 8.35. The minimum atomic E-state index is -0.279. The van der Waals surface area contributed by atoms with Gasteiger partial charge in [-0.3, -0.25) is 9.69 Å². The Labute approximate surface area is 201 Å². The van der Waals surface area contributed by atoms with Crippen molar-refractivity contribution in [1.29, 1.82) is 5.26 Å². The molecular weight excluding hydrogens is 429 g/mol. The number of rotatable bonds is 7. The largest absolute Gasteiger partial charge is 0.355 e. The lowest BCUT2D eigenvalue weighted by Crippen LogP contribution is -2.55. The van der Waals surface area contributed by atoms with Gasteiger partial charge in [0.05, 0.1) is 24.2 Å². The molecule has 7 atom stereocenters. The van der Waals surface area contributed by atoms with Gasteiger partial charge in [0.25, 0.3) is 0 Å². The number of piperazine rings is 1. The number of likely N-dealkylation sites (tertiary alicyclic amines) is 3. The van der Waals surface area contributed by atoms with E-state index in [9.17, 15) is 14.4 Å². The van der Waals surface area contributed by atoms with E-state index < -0.39 is 0 Å². The third-order valence-corrected chi connectivity index (χ3v) is 9.12. The lowest BCUT2D eigenvalue weighted by Gasteiger charge is -2.42. The molecule has 6 nitrogen and oxygen atoms in total. The average Bonchev–Trinajstić information content (AvgIpc) is 3.25. The number of piperidine rings is 1. The van der Waals surface area contributed by atoms with Crippen molar-refractivity contribution < 1.29 is 9.18 Å². The summed E-state index contributed by atoms with van der Waals surface area (Å²) in [5, 5.41) is 9.54. The lowest BCUT2D eigenvalue weighted by molar-refractivity contribution is -0.140. The van der Waals surface area contributed by atoms with Crippen molar-refractivity contribution in [1.82, 2.24) is 14.7 Å². The predicted octanol–water partition coefficient (Wildman–Crippen LogP) is 3.17. The molecule has 180 valence electrons. The van der Waals surface area contributed by atoms with Crippen molar-refractivity contribution in [3.05, 3.63) is 47.9 Å². The van der Waals surface area contributed by atoms with Crippen LogP contribution in [0.2, 0.25) is 0 Å². The van der Waals surface area contributed by atoms with E-state index in [0.717, 1.165) is 49.9 Å². The Morgan fingerprint density at radius 1 is 1.21 bits per heavy atom. The van der Waals surface area contributed by atoms with Gasteiger partial charge in [-0.1, -0.05) is 31.6 Å². The van der Waals surface area contributed by atoms with Crippen molar-refractivity contribution in [3.63, 3.8) is 0 Å². The molecule has 5 fully saturated rings. The summed E-state index contributed by atoms with van der Waals surface area (Å²) in [5.74, 6) is 1.01. The van der Waals surface area contributed by atoms with Crippen LogP contribution in [0.3, 0.4) is 0 Å². The summed E-state index contributed by atoms with van der Waals surface area (Å²) in [4.78, 5) is 20.2. The van der Waals surface area contributed by atoms with E-state index >= 15 is 0 Å². The zero-order valence-corrected chi connectivity index (χ0v) is 19.7. The van der Waals surface area contributed by atoms with E-state index in [1.54, 1.807) is 0 Å². The van der Waals surface area contributed by atoms with Crippen molar-refractivity contribution in [2.75, 3.05) is 13.1 Å². The number of fused-ring (bicyclic) bond motifs is 3. The van der Waals surface area contributed by atoms with Crippen LogP contribution in [-0.4, -0.2) is 63.9 Å². The second-order valence-electron chi connectivity index (χ2n) is 11.1. The van der Waals surface area contributed by atoms with Gasteiger partial charge in [0.15, 0.2) is 0 Å². The minimum absolute atomic E-state index is 0.0316. The van der Waals surface area contributed by atoms with Gasteiger partial charge in [-0.2, -0.15) is 5.26 Å². The highest BCUT2D eigenvalue weighted by Crippen LogP contribution is 2.50. The van der Waals surface area contributed by atoms with Gasteiger partial charge in [0.2, 0.25) is 5.91 Å². The van der Waals surface area contributed by atoms with Crippen LogP contribution < -0.4 is 5.73 Å². The van der Waals surface area contributed by atoms with Crippen LogP contribution in [0.15, 0.2) is 36.5 Å². The molecular formula is C27H34FN5O. The van der Waals surface area contributed by atoms with E-state index in [4.69, 9.17) is 5.73 Å². The summed E-state index contributed by atoms with van der Waals surface area (Å²) in [6, 6.07) is 9.27. The number of nitrogens with zero attached hydrogens (tertiary/aromatic N) is 4. The zero-order valence-electron chi connectivity index (χ0n) is 19.7. The van der Waals surface area contributed by atoms with Gasteiger partial charge in [-0.15, -0.1) is 0 Å². The third kappa shape index (κ3) is 3.54. The minimum Gasteiger partial charge on any atom is -0.355 e. The highest BCUT2D eigenvalue weighted by atomic mass is 19.1. The quantitative estimate of drug-likeness (QED) is 0.672. The lowest BCUT2D eigenvalue weighted by atomic mass is 9.89. The van der Waals surface area contributed by atoms with Gasteiger partial charge < -0.3 is 15.5 Å². The Bertz CT molecular complexity index is 1010. The molecule has 1 aromatic carbocycles. The molecule has 3 heterocycles. The van der Waals surface area contributed by atoms with Crippen molar-refractivity contribution in [3.8, 4) is 6.07 Å². The average molecular weight is 464 g/mol. The van der Waals surface area contributed by atoms with Gasteiger partial charge >= 0.3 is 0 Å². The molecule has 2 saturated carbocycles. The first-order chi connectivity index (χ1) is 16.5. The van der Waals surface area contributed by atoms with E-state index in [-0.39, 0.29) is 41.9 Å². The topological polar surface area (TPSA) is 76.6 Å². The van der Waals surface area contributed by atoms with Gasteiger partial charge in [0, 0.05) is 30.9 Å². The fourth-order valence-electron chi connectivity index (χ4n) is 7.38. The van der Waals surface area contributed by atoms with Crippen molar-refractivity contribution in [2.24, 2.45) is 17.6 Å². The van der Waals surface area contributed by atoms with Crippen LogP contribution in [0.5, 0.6) is 0 Å². The Morgan fingerprint density at radius 3 is 2.62 bits per heavy atom. The second-order valence-corrected chi connectivity index (χ2v) is 11.1. The number of carbonyl (C=O) groups excluding carboxylic acids is 1. The molecule has 1 amide bonds. The molecule has 6 unspecified atom stereocenters. The molecule has 7 heteroatoms. The van der Waals surface area contributed by atoms with E-state index in [1.807, 2.05) is 12.1 Å². The van der Waals surface area contributed by atoms with Crippen LogP contribution in [0.25, 0.3) is 0 Å². The SMILES string of the molecule is C=C(C(N)CN1C[C@@H]2CC1C(=O)N2C(c1ccc(F)cc1)C1CCCC1)N1C(C#N)CC2CC21. The smallest absolute Gasteiger partial charge is 0.240 e. The summed E-state index contributed by atoms with van der Waals surface area (Å²) in [7, 11) is 0. The molecule has 6 rings (SSSR count). The maximum Gasteiger partial charge on any atom is 0.240 e. The summed E-state index contributed by atoms with van der Waals surface area (Å²) in [6.45, 7) is 5.68. The zero-order chi connectivity index (χ0) is 23.6. The van der Waals surface area contributed by atoms with Crippen molar-refractivity contribution in [2.45, 2.75) is 81.2 Å². The molecule has 1 aromatic rings.